The molecule has 0 aliphatic carbocycles. The lowest BCUT2D eigenvalue weighted by molar-refractivity contribution is 0.400. The molecule has 0 saturated heterocycles. The number of nitrogens with zero attached hydrogens (tertiary/aromatic N) is 1. The minimum atomic E-state index is 0.442. The Morgan fingerprint density at radius 3 is 2.22 bits per heavy atom. The summed E-state index contributed by atoms with van der Waals surface area (Å²) >= 11 is 0. The number of aryl methyl sites for hydroxylation is 1. The van der Waals surface area contributed by atoms with E-state index in [0.29, 0.717) is 5.82 Å². The third kappa shape index (κ3) is 2.74. The lowest BCUT2D eigenvalue weighted by Crippen LogP contribution is -1.79. The Hall–Kier alpha value is -0.990. The first-order valence-electron chi connectivity index (χ1n) is 2.98. The highest BCUT2D eigenvalue weighted by Gasteiger charge is 1.88. The number of nitrogens with two attached hydrogens (primary N) is 1. The Bertz CT molecular complexity index is 143. The summed E-state index contributed by atoms with van der Waals surface area (Å²) in [7, 11) is 0. The zero-order chi connectivity index (χ0) is 7.28. The molecular formula is C6H12N2O. The monoisotopic (exact) mass is 128 g/mol. The molecule has 0 radical (unpaired) electrons. The van der Waals surface area contributed by atoms with Gasteiger partial charge in [-0.1, -0.05) is 19.0 Å². The van der Waals surface area contributed by atoms with Crippen LogP contribution in [0.4, 0.5) is 5.82 Å². The first-order valence-corrected chi connectivity index (χ1v) is 2.98. The van der Waals surface area contributed by atoms with Gasteiger partial charge in [0.2, 0.25) is 0 Å². The fourth-order valence-corrected chi connectivity index (χ4v) is 0.386. The molecule has 2 N–H and O–H groups in total. The van der Waals surface area contributed by atoms with Gasteiger partial charge in [-0.2, -0.15) is 0 Å². The molecule has 9 heavy (non-hydrogen) atoms. The lowest BCUT2D eigenvalue weighted by Gasteiger charge is -1.65. The van der Waals surface area contributed by atoms with Crippen molar-refractivity contribution < 1.29 is 4.52 Å². The Labute approximate surface area is 54.8 Å². The molecule has 3 heteroatoms. The largest absolute Gasteiger partial charge is 0.381 e. The number of anilines is 1. The first-order chi connectivity index (χ1) is 4.29. The van der Waals surface area contributed by atoms with Crippen molar-refractivity contribution in [3.8, 4) is 0 Å². The van der Waals surface area contributed by atoms with Crippen LogP contribution in [0.25, 0.3) is 0 Å². The molecule has 0 aromatic carbocycles. The summed E-state index contributed by atoms with van der Waals surface area (Å²) in [5.41, 5.74) is 5.17. The van der Waals surface area contributed by atoms with Crippen molar-refractivity contribution in [1.29, 1.82) is 0 Å². The van der Waals surface area contributed by atoms with Gasteiger partial charge in [0.05, 0.1) is 0 Å². The molecular weight excluding hydrogens is 116 g/mol. The van der Waals surface area contributed by atoms with E-state index in [4.69, 9.17) is 5.73 Å². The molecule has 0 unspecified atom stereocenters. The van der Waals surface area contributed by atoms with Gasteiger partial charge in [0.1, 0.15) is 5.76 Å². The van der Waals surface area contributed by atoms with Crippen molar-refractivity contribution in [3.05, 3.63) is 11.8 Å². The SMILES string of the molecule is CC.Cc1cc(N)no1. The van der Waals surface area contributed by atoms with Crippen LogP contribution in [-0.4, -0.2) is 5.16 Å². The van der Waals surface area contributed by atoms with E-state index in [1.54, 1.807) is 13.0 Å². The smallest absolute Gasteiger partial charge is 0.167 e. The van der Waals surface area contributed by atoms with Crippen LogP contribution >= 0.6 is 0 Å². The summed E-state index contributed by atoms with van der Waals surface area (Å²) in [5.74, 6) is 1.19. The average molecular weight is 128 g/mol. The number of hydrogen-bond donors (Lipinski definition) is 1. The summed E-state index contributed by atoms with van der Waals surface area (Å²) in [6, 6.07) is 1.67. The normalized spacial score (nSPS) is 7.89. The van der Waals surface area contributed by atoms with E-state index in [2.05, 4.69) is 9.68 Å². The van der Waals surface area contributed by atoms with Gasteiger partial charge in [0, 0.05) is 6.07 Å². The van der Waals surface area contributed by atoms with Crippen LogP contribution in [0.5, 0.6) is 0 Å². The predicted octanol–water partition coefficient (Wildman–Crippen LogP) is 1.59. The number of rotatable bonds is 0. The van der Waals surface area contributed by atoms with E-state index in [1.807, 2.05) is 13.8 Å². The average Bonchev–Trinajstić information content (AvgIpc) is 2.20. The Morgan fingerprint density at radius 2 is 2.11 bits per heavy atom. The Balaban J connectivity index is 0.000000291. The topological polar surface area (TPSA) is 52.0 Å². The molecule has 3 nitrogen and oxygen atoms in total. The molecule has 0 spiro atoms. The molecule has 0 aliphatic rings. The van der Waals surface area contributed by atoms with Crippen LogP contribution in [0.2, 0.25) is 0 Å². The van der Waals surface area contributed by atoms with Crippen molar-refractivity contribution in [2.75, 3.05) is 5.73 Å². The summed E-state index contributed by atoms with van der Waals surface area (Å²) in [5, 5.41) is 3.42. The summed E-state index contributed by atoms with van der Waals surface area (Å²) in [6.07, 6.45) is 0. The van der Waals surface area contributed by atoms with Crippen LogP contribution in [0, 0.1) is 6.92 Å². The van der Waals surface area contributed by atoms with Crippen molar-refractivity contribution in [2.24, 2.45) is 0 Å². The standard InChI is InChI=1S/C4H6N2O.C2H6/c1-3-2-4(5)6-7-3;1-2/h2H,1H3,(H2,5,6);1-2H3. The van der Waals surface area contributed by atoms with E-state index < -0.39 is 0 Å². The molecule has 0 saturated carbocycles. The Morgan fingerprint density at radius 1 is 1.56 bits per heavy atom. The van der Waals surface area contributed by atoms with Crippen LogP contribution in [-0.2, 0) is 0 Å². The third-order valence-electron chi connectivity index (χ3n) is 0.646. The predicted molar refractivity (Wildman–Crippen MR) is 37.0 cm³/mol. The molecule has 0 atom stereocenters. The van der Waals surface area contributed by atoms with Crippen LogP contribution < -0.4 is 5.73 Å². The lowest BCUT2D eigenvalue weighted by atomic mass is 10.5. The van der Waals surface area contributed by atoms with Gasteiger partial charge in [-0.05, 0) is 6.92 Å². The molecule has 0 aliphatic heterocycles. The Kier molecular flexibility index (Phi) is 3.51. The second-order valence-corrected chi connectivity index (χ2v) is 1.36. The van der Waals surface area contributed by atoms with Crippen molar-refractivity contribution in [2.45, 2.75) is 20.8 Å². The zero-order valence-electron chi connectivity index (χ0n) is 6.01. The highest BCUT2D eigenvalue weighted by atomic mass is 16.5. The van der Waals surface area contributed by atoms with Gasteiger partial charge in [-0.15, -0.1) is 0 Å². The maximum Gasteiger partial charge on any atom is 0.167 e. The van der Waals surface area contributed by atoms with E-state index in [-0.39, 0.29) is 0 Å². The highest BCUT2D eigenvalue weighted by Crippen LogP contribution is 2.00. The van der Waals surface area contributed by atoms with E-state index in [0.717, 1.165) is 5.76 Å². The first kappa shape index (κ1) is 8.01. The molecule has 52 valence electrons. The second kappa shape index (κ2) is 3.95. The quantitative estimate of drug-likeness (QED) is 0.577. The highest BCUT2D eigenvalue weighted by molar-refractivity contribution is 5.25. The second-order valence-electron chi connectivity index (χ2n) is 1.36. The summed E-state index contributed by atoms with van der Waals surface area (Å²) in [6.45, 7) is 5.80. The van der Waals surface area contributed by atoms with E-state index >= 15 is 0 Å². The van der Waals surface area contributed by atoms with E-state index in [9.17, 15) is 0 Å². The van der Waals surface area contributed by atoms with Crippen LogP contribution in [0.3, 0.4) is 0 Å². The molecule has 1 heterocycles. The molecule has 1 aromatic heterocycles. The summed E-state index contributed by atoms with van der Waals surface area (Å²) in [4.78, 5) is 0. The van der Waals surface area contributed by atoms with Crippen LogP contribution in [0.1, 0.15) is 19.6 Å². The fourth-order valence-electron chi connectivity index (χ4n) is 0.386. The van der Waals surface area contributed by atoms with Gasteiger partial charge in [-0.25, -0.2) is 0 Å². The minimum Gasteiger partial charge on any atom is -0.381 e. The van der Waals surface area contributed by atoms with E-state index in [1.165, 1.54) is 0 Å². The molecule has 0 bridgehead atoms. The van der Waals surface area contributed by atoms with Crippen molar-refractivity contribution in [1.82, 2.24) is 5.16 Å². The number of hydrogen-bond acceptors (Lipinski definition) is 3. The van der Waals surface area contributed by atoms with Crippen LogP contribution in [0.15, 0.2) is 10.6 Å². The van der Waals surface area contributed by atoms with Gasteiger partial charge >= 0.3 is 0 Å². The maximum absolute atomic E-state index is 5.17. The fraction of sp³-hybridized carbons (Fsp3) is 0.500. The van der Waals surface area contributed by atoms with Gasteiger partial charge < -0.3 is 10.3 Å². The molecule has 0 amide bonds. The molecule has 0 fully saturated rings. The molecule has 1 rings (SSSR count). The number of aromatic nitrogens is 1. The molecule has 1 aromatic rings. The summed E-state index contributed by atoms with van der Waals surface area (Å²) < 4.78 is 4.59. The van der Waals surface area contributed by atoms with Gasteiger partial charge in [-0.3, -0.25) is 0 Å². The van der Waals surface area contributed by atoms with Gasteiger partial charge in [0.25, 0.3) is 0 Å². The minimum absolute atomic E-state index is 0.442. The maximum atomic E-state index is 5.17. The van der Waals surface area contributed by atoms with Crippen molar-refractivity contribution >= 4 is 5.82 Å². The number of nitrogen functional groups attached to an aromatic ring is 1. The zero-order valence-corrected chi connectivity index (χ0v) is 6.01. The van der Waals surface area contributed by atoms with Crippen molar-refractivity contribution in [3.63, 3.8) is 0 Å². The van der Waals surface area contributed by atoms with Gasteiger partial charge in [0.15, 0.2) is 5.82 Å². The third-order valence-corrected chi connectivity index (χ3v) is 0.646.